The molecule has 0 saturated heterocycles. The lowest BCUT2D eigenvalue weighted by Crippen LogP contribution is -2.15. The molecule has 0 aliphatic rings. The van der Waals surface area contributed by atoms with E-state index in [-0.39, 0.29) is 0 Å². The Kier molecular flexibility index (Phi) is 4.38. The molecule has 21 heavy (non-hydrogen) atoms. The van der Waals surface area contributed by atoms with Gasteiger partial charge in [0.15, 0.2) is 0 Å². The second kappa shape index (κ2) is 5.63. The van der Waals surface area contributed by atoms with Gasteiger partial charge in [0.25, 0.3) is 0 Å². The Labute approximate surface area is 132 Å². The first kappa shape index (κ1) is 16.3. The van der Waals surface area contributed by atoms with E-state index in [0.717, 1.165) is 32.9 Å². The van der Waals surface area contributed by atoms with Gasteiger partial charge >= 0.3 is 0 Å². The maximum absolute atomic E-state index is 13.2. The monoisotopic (exact) mass is 320 g/mol. The number of hydrogen-bond acceptors (Lipinski definition) is 1. The molecule has 0 N–H and O–H groups in total. The summed E-state index contributed by atoms with van der Waals surface area (Å²) in [6, 6.07) is 7.84. The second-order valence-electron chi connectivity index (χ2n) is 5.94. The van der Waals surface area contributed by atoms with E-state index >= 15 is 0 Å². The Balaban J connectivity index is 2.65. The van der Waals surface area contributed by atoms with Crippen LogP contribution in [-0.4, -0.2) is 0 Å². The molecule has 0 aliphatic heterocycles. The molecular weight excluding hydrogens is 299 g/mol. The maximum atomic E-state index is 13.2. The van der Waals surface area contributed by atoms with Crippen LogP contribution in [0.5, 0.6) is 0 Å². The summed E-state index contributed by atoms with van der Waals surface area (Å²) in [5.74, 6) is 0. The Morgan fingerprint density at radius 3 is 1.14 bits per heavy atom. The van der Waals surface area contributed by atoms with Gasteiger partial charge in [-0.15, -0.1) is 0 Å². The van der Waals surface area contributed by atoms with Crippen molar-refractivity contribution in [1.82, 2.24) is 0 Å². The third-order valence-corrected chi connectivity index (χ3v) is 7.50. The highest BCUT2D eigenvalue weighted by molar-refractivity contribution is 8.00. The Bertz CT molecular complexity index is 654. The number of hydrogen-bond donors (Lipinski definition) is 0. The number of rotatable bonds is 2. The van der Waals surface area contributed by atoms with Gasteiger partial charge in [0.2, 0.25) is 6.49 Å². The van der Waals surface area contributed by atoms with Crippen LogP contribution in [0.3, 0.4) is 0 Å². The van der Waals surface area contributed by atoms with E-state index in [4.69, 9.17) is 11.2 Å². The summed E-state index contributed by atoms with van der Waals surface area (Å²) < 4.78 is 13.2. The molecule has 0 amide bonds. The molecule has 2 aromatic rings. The number of halogens is 1. The first-order valence-electron chi connectivity index (χ1n) is 7.11. The molecule has 2 rings (SSSR count). The molecule has 0 aromatic heterocycles. The molecule has 0 heterocycles. The highest BCUT2D eigenvalue weighted by atomic mass is 35.7. The molecule has 0 unspecified atom stereocenters. The van der Waals surface area contributed by atoms with Crippen molar-refractivity contribution in [2.24, 2.45) is 0 Å². The molecule has 0 bridgehead atoms. The van der Waals surface area contributed by atoms with Crippen molar-refractivity contribution in [3.05, 3.63) is 57.6 Å². The summed E-state index contributed by atoms with van der Waals surface area (Å²) in [6.45, 7) is 9.23. The van der Waals surface area contributed by atoms with E-state index in [2.05, 4.69) is 13.8 Å². The summed E-state index contributed by atoms with van der Waals surface area (Å²) in [5.41, 5.74) is 6.98. The molecular formula is C18H22ClOP. The quantitative estimate of drug-likeness (QED) is 0.711. The van der Waals surface area contributed by atoms with Gasteiger partial charge in [0.05, 0.1) is 0 Å². The van der Waals surface area contributed by atoms with Crippen molar-refractivity contribution in [3.63, 3.8) is 0 Å². The van der Waals surface area contributed by atoms with E-state index in [9.17, 15) is 4.57 Å². The second-order valence-corrected chi connectivity index (χ2v) is 9.47. The third kappa shape index (κ3) is 2.96. The van der Waals surface area contributed by atoms with E-state index in [1.165, 1.54) is 11.1 Å². The maximum Gasteiger partial charge on any atom is 0.225 e. The predicted molar refractivity (Wildman–Crippen MR) is 94.0 cm³/mol. The Morgan fingerprint density at radius 2 is 0.905 bits per heavy atom. The normalized spacial score (nSPS) is 11.8. The Hall–Kier alpha value is -1.04. The van der Waals surface area contributed by atoms with Crippen LogP contribution >= 0.6 is 17.7 Å². The molecule has 3 heteroatoms. The molecule has 0 spiro atoms. The van der Waals surface area contributed by atoms with E-state index in [1.807, 2.05) is 52.0 Å². The topological polar surface area (TPSA) is 17.1 Å². The predicted octanol–water partition coefficient (Wildman–Crippen LogP) is 5.00. The summed E-state index contributed by atoms with van der Waals surface area (Å²) in [4.78, 5) is 0. The van der Waals surface area contributed by atoms with Crippen molar-refractivity contribution >= 4 is 28.3 Å². The van der Waals surface area contributed by atoms with E-state index in [0.29, 0.717) is 0 Å². The standard InChI is InChI=1S/C18H22ClOP/c1-11-7-17(8-12(2)15(11)5)21(19,20)18-9-13(3)16(6)14(4)10-18/h7-10H,1-6H3. The van der Waals surface area contributed by atoms with Crippen LogP contribution in [0.1, 0.15) is 33.4 Å². The lowest BCUT2D eigenvalue weighted by atomic mass is 10.1. The van der Waals surface area contributed by atoms with Crippen LogP contribution in [0, 0.1) is 41.5 Å². The smallest absolute Gasteiger partial charge is 0.225 e. The van der Waals surface area contributed by atoms with Crippen LogP contribution in [0.25, 0.3) is 0 Å². The van der Waals surface area contributed by atoms with Crippen LogP contribution in [-0.2, 0) is 4.57 Å². The zero-order valence-corrected chi connectivity index (χ0v) is 15.2. The average molecular weight is 321 g/mol. The van der Waals surface area contributed by atoms with Crippen molar-refractivity contribution < 1.29 is 4.57 Å². The first-order valence-corrected chi connectivity index (χ1v) is 9.72. The fourth-order valence-electron chi connectivity index (χ4n) is 2.51. The van der Waals surface area contributed by atoms with Crippen LogP contribution in [0.4, 0.5) is 0 Å². The van der Waals surface area contributed by atoms with Crippen molar-refractivity contribution in [2.75, 3.05) is 0 Å². The summed E-state index contributed by atoms with van der Waals surface area (Å²) in [6.07, 6.45) is 0. The highest BCUT2D eigenvalue weighted by Crippen LogP contribution is 2.49. The molecule has 1 nitrogen and oxygen atoms in total. The van der Waals surface area contributed by atoms with Crippen molar-refractivity contribution in [1.29, 1.82) is 0 Å². The van der Waals surface area contributed by atoms with E-state index < -0.39 is 6.49 Å². The summed E-state index contributed by atoms with van der Waals surface area (Å²) >= 11 is 6.54. The summed E-state index contributed by atoms with van der Waals surface area (Å²) in [7, 11) is 0. The Morgan fingerprint density at radius 1 is 0.667 bits per heavy atom. The van der Waals surface area contributed by atoms with Gasteiger partial charge in [-0.2, -0.15) is 0 Å². The molecule has 0 saturated carbocycles. The highest BCUT2D eigenvalue weighted by Gasteiger charge is 2.26. The first-order chi connectivity index (χ1) is 9.64. The van der Waals surface area contributed by atoms with Gasteiger partial charge in [0, 0.05) is 10.6 Å². The van der Waals surface area contributed by atoms with Crippen molar-refractivity contribution in [2.45, 2.75) is 41.5 Å². The lowest BCUT2D eigenvalue weighted by Gasteiger charge is -2.17. The average Bonchev–Trinajstić information content (AvgIpc) is 2.40. The largest absolute Gasteiger partial charge is 0.296 e. The third-order valence-electron chi connectivity index (χ3n) is 4.49. The van der Waals surface area contributed by atoms with Gasteiger partial charge in [0.1, 0.15) is 0 Å². The van der Waals surface area contributed by atoms with Crippen LogP contribution in [0.2, 0.25) is 0 Å². The number of benzene rings is 2. The SMILES string of the molecule is Cc1cc(P(=O)(Cl)c2cc(C)c(C)c(C)c2)cc(C)c1C. The number of aryl methyl sites for hydroxylation is 4. The fourth-order valence-corrected chi connectivity index (χ4v) is 4.83. The van der Waals surface area contributed by atoms with Gasteiger partial charge < -0.3 is 0 Å². The van der Waals surface area contributed by atoms with Gasteiger partial charge in [-0.3, -0.25) is 4.57 Å². The fraction of sp³-hybridized carbons (Fsp3) is 0.333. The zero-order chi connectivity index (χ0) is 15.9. The lowest BCUT2D eigenvalue weighted by molar-refractivity contribution is 0.595. The minimum absolute atomic E-state index is 0.729. The van der Waals surface area contributed by atoms with Gasteiger partial charge in [-0.05, 0) is 110 Å². The molecule has 2 aromatic carbocycles. The van der Waals surface area contributed by atoms with Crippen LogP contribution < -0.4 is 10.6 Å². The molecule has 0 aliphatic carbocycles. The van der Waals surface area contributed by atoms with Crippen molar-refractivity contribution in [3.8, 4) is 0 Å². The van der Waals surface area contributed by atoms with Crippen LogP contribution in [0.15, 0.2) is 24.3 Å². The minimum atomic E-state index is -3.07. The van der Waals surface area contributed by atoms with E-state index in [1.54, 1.807) is 0 Å². The molecule has 112 valence electrons. The van der Waals surface area contributed by atoms with Gasteiger partial charge in [-0.25, -0.2) is 0 Å². The van der Waals surface area contributed by atoms with Gasteiger partial charge in [-0.1, -0.05) is 0 Å². The zero-order valence-electron chi connectivity index (χ0n) is 13.5. The molecule has 0 fully saturated rings. The molecule has 0 atom stereocenters. The minimum Gasteiger partial charge on any atom is -0.296 e. The summed E-state index contributed by atoms with van der Waals surface area (Å²) in [5, 5.41) is 1.46. The molecule has 0 radical (unpaired) electrons.